The largest absolute Gasteiger partial charge is 0.461 e. The van der Waals surface area contributed by atoms with Crippen molar-refractivity contribution in [2.24, 2.45) is 0 Å². The van der Waals surface area contributed by atoms with Crippen LogP contribution in [0.2, 0.25) is 0 Å². The first-order valence-electron chi connectivity index (χ1n) is 6.60. The van der Waals surface area contributed by atoms with Gasteiger partial charge in [-0.1, -0.05) is 18.2 Å². The van der Waals surface area contributed by atoms with Gasteiger partial charge < -0.3 is 10.5 Å². The topological polar surface area (TPSA) is 52.3 Å². The SMILES string of the molecule is Nc1ccc(Br)c(C(=O)OCC2Cc3ccccc3S2)c1. The quantitative estimate of drug-likeness (QED) is 0.663. The fourth-order valence-electron chi connectivity index (χ4n) is 2.29. The second-order valence-corrected chi connectivity index (χ2v) is 7.09. The molecule has 0 fully saturated rings. The third-order valence-corrected chi connectivity index (χ3v) is 5.30. The Bertz CT molecular complexity index is 665. The first-order valence-corrected chi connectivity index (χ1v) is 8.27. The number of carbonyl (C=O) groups excluding carboxylic acids is 1. The first kappa shape index (κ1) is 14.5. The Morgan fingerprint density at radius 1 is 1.33 bits per heavy atom. The van der Waals surface area contributed by atoms with E-state index < -0.39 is 0 Å². The van der Waals surface area contributed by atoms with Gasteiger partial charge in [-0.25, -0.2) is 4.79 Å². The van der Waals surface area contributed by atoms with Crippen molar-refractivity contribution in [1.82, 2.24) is 0 Å². The molecule has 0 amide bonds. The summed E-state index contributed by atoms with van der Waals surface area (Å²) in [5.74, 6) is -0.342. The molecular formula is C16H14BrNO2S. The second kappa shape index (κ2) is 6.12. The molecule has 1 heterocycles. The molecule has 2 aromatic carbocycles. The van der Waals surface area contributed by atoms with Crippen LogP contribution in [0.5, 0.6) is 0 Å². The summed E-state index contributed by atoms with van der Waals surface area (Å²) in [4.78, 5) is 13.4. The minimum absolute atomic E-state index is 0.284. The van der Waals surface area contributed by atoms with Crippen molar-refractivity contribution < 1.29 is 9.53 Å². The lowest BCUT2D eigenvalue weighted by atomic mass is 10.1. The van der Waals surface area contributed by atoms with Crippen molar-refractivity contribution in [3.8, 4) is 0 Å². The molecule has 0 aliphatic carbocycles. The average Bonchev–Trinajstić information content (AvgIpc) is 2.90. The van der Waals surface area contributed by atoms with Crippen LogP contribution < -0.4 is 5.73 Å². The Morgan fingerprint density at radius 2 is 2.14 bits per heavy atom. The van der Waals surface area contributed by atoms with Crippen molar-refractivity contribution in [2.75, 3.05) is 12.3 Å². The number of nitrogens with two attached hydrogens (primary N) is 1. The summed E-state index contributed by atoms with van der Waals surface area (Å²) in [6.07, 6.45) is 0.937. The molecule has 0 spiro atoms. The lowest BCUT2D eigenvalue weighted by Gasteiger charge is -2.11. The molecular weight excluding hydrogens is 350 g/mol. The van der Waals surface area contributed by atoms with Crippen LogP contribution in [-0.2, 0) is 11.2 Å². The zero-order valence-electron chi connectivity index (χ0n) is 11.2. The van der Waals surface area contributed by atoms with Crippen LogP contribution in [0.1, 0.15) is 15.9 Å². The van der Waals surface area contributed by atoms with Crippen LogP contribution >= 0.6 is 27.7 Å². The van der Waals surface area contributed by atoms with Crippen LogP contribution in [0.3, 0.4) is 0 Å². The molecule has 1 atom stereocenters. The minimum atomic E-state index is -0.342. The highest BCUT2D eigenvalue weighted by Crippen LogP contribution is 2.36. The molecule has 3 rings (SSSR count). The van der Waals surface area contributed by atoms with Crippen LogP contribution in [0.25, 0.3) is 0 Å². The zero-order valence-corrected chi connectivity index (χ0v) is 13.6. The van der Waals surface area contributed by atoms with E-state index in [9.17, 15) is 4.79 Å². The Morgan fingerprint density at radius 3 is 2.95 bits per heavy atom. The van der Waals surface area contributed by atoms with Gasteiger partial charge in [0.15, 0.2) is 0 Å². The van der Waals surface area contributed by atoms with Crippen molar-refractivity contribution in [2.45, 2.75) is 16.6 Å². The first-order chi connectivity index (χ1) is 10.1. The van der Waals surface area contributed by atoms with Crippen molar-refractivity contribution >= 4 is 39.3 Å². The van der Waals surface area contributed by atoms with E-state index in [1.807, 2.05) is 12.1 Å². The van der Waals surface area contributed by atoms with Gasteiger partial charge in [0.25, 0.3) is 0 Å². The fourth-order valence-corrected chi connectivity index (χ4v) is 3.92. The Hall–Kier alpha value is -1.46. The fraction of sp³-hybridized carbons (Fsp3) is 0.188. The number of benzene rings is 2. The molecule has 0 saturated carbocycles. The van der Waals surface area contributed by atoms with Gasteiger partial charge >= 0.3 is 5.97 Å². The summed E-state index contributed by atoms with van der Waals surface area (Å²) in [5, 5.41) is 0.284. The molecule has 1 unspecified atom stereocenters. The monoisotopic (exact) mass is 363 g/mol. The predicted octanol–water partition coefficient (Wildman–Crippen LogP) is 3.91. The van der Waals surface area contributed by atoms with Crippen LogP contribution in [0, 0.1) is 0 Å². The highest BCUT2D eigenvalue weighted by atomic mass is 79.9. The van der Waals surface area contributed by atoms with E-state index in [2.05, 4.69) is 28.1 Å². The molecule has 1 aliphatic heterocycles. The third kappa shape index (κ3) is 3.24. The molecule has 0 saturated heterocycles. The summed E-state index contributed by atoms with van der Waals surface area (Å²) in [6.45, 7) is 0.402. The number of esters is 1. The maximum absolute atomic E-state index is 12.1. The van der Waals surface area contributed by atoms with Gasteiger partial charge in [0, 0.05) is 20.3 Å². The van der Waals surface area contributed by atoms with Gasteiger partial charge in [-0.05, 0) is 52.2 Å². The Balaban J connectivity index is 1.61. The number of halogens is 1. The molecule has 0 aromatic heterocycles. The molecule has 3 nitrogen and oxygen atoms in total. The molecule has 0 radical (unpaired) electrons. The van der Waals surface area contributed by atoms with Gasteiger partial charge in [-0.15, -0.1) is 11.8 Å². The summed E-state index contributed by atoms with van der Waals surface area (Å²) >= 11 is 5.11. The van der Waals surface area contributed by atoms with Gasteiger partial charge in [-0.2, -0.15) is 0 Å². The second-order valence-electron chi connectivity index (χ2n) is 4.89. The molecule has 2 N–H and O–H groups in total. The number of hydrogen-bond acceptors (Lipinski definition) is 4. The van der Waals surface area contributed by atoms with E-state index in [1.165, 1.54) is 10.5 Å². The van der Waals surface area contributed by atoms with Gasteiger partial charge in [0.1, 0.15) is 6.61 Å². The van der Waals surface area contributed by atoms with E-state index in [1.54, 1.807) is 30.0 Å². The van der Waals surface area contributed by atoms with Crippen molar-refractivity contribution in [1.29, 1.82) is 0 Å². The molecule has 108 valence electrons. The average molecular weight is 364 g/mol. The van der Waals surface area contributed by atoms with Crippen molar-refractivity contribution in [3.63, 3.8) is 0 Å². The smallest absolute Gasteiger partial charge is 0.339 e. The summed E-state index contributed by atoms with van der Waals surface area (Å²) in [7, 11) is 0. The normalized spacial score (nSPS) is 16.5. The van der Waals surface area contributed by atoms with Crippen molar-refractivity contribution in [3.05, 3.63) is 58.1 Å². The zero-order chi connectivity index (χ0) is 14.8. The van der Waals surface area contributed by atoms with E-state index >= 15 is 0 Å². The van der Waals surface area contributed by atoms with E-state index in [-0.39, 0.29) is 11.2 Å². The number of nitrogen functional groups attached to an aromatic ring is 1. The third-order valence-electron chi connectivity index (χ3n) is 3.32. The highest BCUT2D eigenvalue weighted by molar-refractivity contribution is 9.10. The van der Waals surface area contributed by atoms with Gasteiger partial charge in [-0.3, -0.25) is 0 Å². The number of carbonyl (C=O) groups is 1. The van der Waals surface area contributed by atoms with Crippen LogP contribution in [0.15, 0.2) is 51.8 Å². The number of thioether (sulfide) groups is 1. The Labute approximate surface area is 136 Å². The number of hydrogen-bond donors (Lipinski definition) is 1. The molecule has 0 bridgehead atoms. The number of rotatable bonds is 3. The summed E-state index contributed by atoms with van der Waals surface area (Å²) in [5.41, 5.74) is 8.05. The minimum Gasteiger partial charge on any atom is -0.461 e. The van der Waals surface area contributed by atoms with Crippen LogP contribution in [-0.4, -0.2) is 17.8 Å². The Kier molecular flexibility index (Phi) is 4.22. The van der Waals surface area contributed by atoms with E-state index in [4.69, 9.17) is 10.5 Å². The van der Waals surface area contributed by atoms with Crippen LogP contribution in [0.4, 0.5) is 5.69 Å². The number of ether oxygens (including phenoxy) is 1. The maximum Gasteiger partial charge on any atom is 0.339 e. The summed E-state index contributed by atoms with van der Waals surface area (Å²) in [6, 6.07) is 13.4. The lowest BCUT2D eigenvalue weighted by molar-refractivity contribution is 0.0506. The van der Waals surface area contributed by atoms with E-state index in [0.29, 0.717) is 22.3 Å². The molecule has 5 heteroatoms. The molecule has 21 heavy (non-hydrogen) atoms. The number of fused-ring (bicyclic) bond motifs is 1. The van der Waals surface area contributed by atoms with E-state index in [0.717, 1.165) is 6.42 Å². The predicted molar refractivity (Wildman–Crippen MR) is 88.6 cm³/mol. The highest BCUT2D eigenvalue weighted by Gasteiger charge is 2.23. The summed E-state index contributed by atoms with van der Waals surface area (Å²) < 4.78 is 6.13. The van der Waals surface area contributed by atoms with Gasteiger partial charge in [0.05, 0.1) is 5.56 Å². The standard InChI is InChI=1S/C16H14BrNO2S/c17-14-6-5-11(18)8-13(14)16(19)20-9-12-7-10-3-1-2-4-15(10)21-12/h1-6,8,12H,7,9,18H2. The molecule has 1 aliphatic rings. The molecule has 2 aromatic rings. The van der Waals surface area contributed by atoms with Gasteiger partial charge in [0.2, 0.25) is 0 Å². The maximum atomic E-state index is 12.1. The number of anilines is 1. The lowest BCUT2D eigenvalue weighted by Crippen LogP contribution is -2.16.